The number of benzene rings is 2. The van der Waals surface area contributed by atoms with Crippen molar-refractivity contribution in [3.05, 3.63) is 53.6 Å². The van der Waals surface area contributed by atoms with Crippen LogP contribution in [0, 0.1) is 6.92 Å². The van der Waals surface area contributed by atoms with Gasteiger partial charge in [0.1, 0.15) is 6.04 Å². The number of hydrogen-bond acceptors (Lipinski definition) is 5. The number of rotatable bonds is 8. The summed E-state index contributed by atoms with van der Waals surface area (Å²) in [4.78, 5) is 41.3. The van der Waals surface area contributed by atoms with Gasteiger partial charge < -0.3 is 19.7 Å². The molecule has 1 atom stereocenters. The van der Waals surface area contributed by atoms with E-state index < -0.39 is 18.0 Å². The zero-order chi connectivity index (χ0) is 22.5. The van der Waals surface area contributed by atoms with Gasteiger partial charge in [0.05, 0.1) is 26.3 Å². The van der Waals surface area contributed by atoms with Crippen molar-refractivity contribution in [1.29, 1.82) is 0 Å². The fraction of sp³-hybridized carbons (Fsp3) is 0.348. The molecule has 0 bridgehead atoms. The zero-order valence-corrected chi connectivity index (χ0v) is 18.2. The average Bonchev–Trinajstić information content (AvgIpc) is 2.98. The van der Waals surface area contributed by atoms with Gasteiger partial charge >= 0.3 is 6.03 Å². The largest absolute Gasteiger partial charge is 0.493 e. The van der Waals surface area contributed by atoms with Gasteiger partial charge in [-0.05, 0) is 43.7 Å². The highest BCUT2D eigenvalue weighted by atomic mass is 16.5. The Labute approximate surface area is 181 Å². The van der Waals surface area contributed by atoms with Crippen molar-refractivity contribution < 1.29 is 23.9 Å². The third-order valence-corrected chi connectivity index (χ3v) is 5.16. The number of ether oxygens (including phenoxy) is 2. The number of carbonyl (C=O) groups is 3. The summed E-state index contributed by atoms with van der Waals surface area (Å²) in [6.45, 7) is 4.33. The van der Waals surface area contributed by atoms with Crippen molar-refractivity contribution in [3.8, 4) is 11.5 Å². The molecule has 1 N–H and O–H groups in total. The van der Waals surface area contributed by atoms with Gasteiger partial charge in [0, 0.05) is 13.1 Å². The lowest BCUT2D eigenvalue weighted by Gasteiger charge is -2.22. The van der Waals surface area contributed by atoms with Crippen LogP contribution in [0.3, 0.4) is 0 Å². The van der Waals surface area contributed by atoms with Crippen molar-refractivity contribution in [2.45, 2.75) is 32.9 Å². The topological polar surface area (TPSA) is 88.2 Å². The predicted octanol–water partition coefficient (Wildman–Crippen LogP) is 2.88. The second-order valence-corrected chi connectivity index (χ2v) is 7.28. The Morgan fingerprint density at radius 3 is 2.32 bits per heavy atom. The molecule has 164 valence electrons. The molecule has 0 saturated carbocycles. The molecule has 2 aromatic carbocycles. The van der Waals surface area contributed by atoms with E-state index in [-0.39, 0.29) is 18.9 Å². The Morgan fingerprint density at radius 1 is 1.03 bits per heavy atom. The van der Waals surface area contributed by atoms with Gasteiger partial charge in [0.15, 0.2) is 11.5 Å². The fourth-order valence-electron chi connectivity index (χ4n) is 3.57. The molecule has 2 aromatic rings. The van der Waals surface area contributed by atoms with E-state index in [4.69, 9.17) is 9.47 Å². The Kier molecular flexibility index (Phi) is 6.79. The molecule has 1 aliphatic rings. The molecule has 0 aliphatic carbocycles. The molecular weight excluding hydrogens is 398 g/mol. The number of urea groups is 1. The van der Waals surface area contributed by atoms with Crippen molar-refractivity contribution >= 4 is 23.5 Å². The third-order valence-electron chi connectivity index (χ3n) is 5.16. The van der Waals surface area contributed by atoms with Crippen LogP contribution < -0.4 is 19.7 Å². The van der Waals surface area contributed by atoms with Crippen LogP contribution in [0.15, 0.2) is 42.5 Å². The normalized spacial score (nSPS) is 15.9. The molecule has 3 rings (SSSR count). The fourth-order valence-corrected chi connectivity index (χ4v) is 3.57. The Hall–Kier alpha value is -3.55. The first-order valence-corrected chi connectivity index (χ1v) is 10.1. The van der Waals surface area contributed by atoms with Gasteiger partial charge in [-0.25, -0.2) is 9.69 Å². The van der Waals surface area contributed by atoms with Crippen LogP contribution in [0.5, 0.6) is 11.5 Å². The van der Waals surface area contributed by atoms with E-state index in [1.54, 1.807) is 44.4 Å². The minimum atomic E-state index is -0.895. The molecule has 8 nitrogen and oxygen atoms in total. The van der Waals surface area contributed by atoms with Crippen molar-refractivity contribution in [2.75, 3.05) is 25.7 Å². The zero-order valence-electron chi connectivity index (χ0n) is 18.2. The van der Waals surface area contributed by atoms with Gasteiger partial charge in [-0.2, -0.15) is 0 Å². The SMILES string of the molecule is CCNC(=O)CC1C(=O)N(c2ccc(C)cc2)C(=O)N1Cc1ccc(OC)c(OC)c1. The molecule has 31 heavy (non-hydrogen) atoms. The molecule has 1 unspecified atom stereocenters. The molecular formula is C23H27N3O5. The summed E-state index contributed by atoms with van der Waals surface area (Å²) in [6, 6.07) is 11.1. The number of carbonyl (C=O) groups excluding carboxylic acids is 3. The van der Waals surface area contributed by atoms with Gasteiger partial charge in [-0.1, -0.05) is 23.8 Å². The number of imide groups is 1. The summed E-state index contributed by atoms with van der Waals surface area (Å²) in [5, 5.41) is 2.70. The van der Waals surface area contributed by atoms with Gasteiger partial charge in [0.2, 0.25) is 5.91 Å². The molecule has 1 fully saturated rings. The monoisotopic (exact) mass is 425 g/mol. The molecule has 0 radical (unpaired) electrons. The maximum atomic E-state index is 13.3. The number of anilines is 1. The smallest absolute Gasteiger partial charge is 0.332 e. The molecule has 1 saturated heterocycles. The first-order valence-electron chi connectivity index (χ1n) is 10.1. The highest BCUT2D eigenvalue weighted by Gasteiger charge is 2.46. The van der Waals surface area contributed by atoms with Gasteiger partial charge in [-0.15, -0.1) is 0 Å². The number of methoxy groups -OCH3 is 2. The summed E-state index contributed by atoms with van der Waals surface area (Å²) >= 11 is 0. The lowest BCUT2D eigenvalue weighted by atomic mass is 10.1. The standard InChI is InChI=1S/C23H27N3O5/c1-5-24-21(27)13-18-22(28)26(17-9-6-15(2)7-10-17)23(29)25(18)14-16-8-11-19(30-3)20(12-16)31-4/h6-12,18H,5,13-14H2,1-4H3,(H,24,27). The number of amides is 4. The highest BCUT2D eigenvalue weighted by Crippen LogP contribution is 2.31. The van der Waals surface area contributed by atoms with E-state index in [2.05, 4.69) is 5.32 Å². The van der Waals surface area contributed by atoms with Crippen molar-refractivity contribution in [1.82, 2.24) is 10.2 Å². The summed E-state index contributed by atoms with van der Waals surface area (Å²) in [5.41, 5.74) is 2.26. The lowest BCUT2D eigenvalue weighted by molar-refractivity contribution is -0.127. The van der Waals surface area contributed by atoms with E-state index in [1.165, 1.54) is 12.0 Å². The predicted molar refractivity (Wildman–Crippen MR) is 116 cm³/mol. The molecule has 8 heteroatoms. The number of nitrogens with one attached hydrogen (secondary N) is 1. The van der Waals surface area contributed by atoms with E-state index >= 15 is 0 Å². The number of nitrogens with zero attached hydrogens (tertiary/aromatic N) is 2. The van der Waals surface area contributed by atoms with Crippen LogP contribution in [0.2, 0.25) is 0 Å². The second-order valence-electron chi connectivity index (χ2n) is 7.28. The number of aryl methyl sites for hydroxylation is 1. The Morgan fingerprint density at radius 2 is 1.71 bits per heavy atom. The second kappa shape index (κ2) is 9.51. The quantitative estimate of drug-likeness (QED) is 0.657. The minimum absolute atomic E-state index is 0.103. The summed E-state index contributed by atoms with van der Waals surface area (Å²) < 4.78 is 10.6. The van der Waals surface area contributed by atoms with Crippen molar-refractivity contribution in [2.24, 2.45) is 0 Å². The van der Waals surface area contributed by atoms with E-state index in [1.807, 2.05) is 19.1 Å². The molecule has 0 spiro atoms. The van der Waals surface area contributed by atoms with Crippen LogP contribution in [-0.2, 0) is 16.1 Å². The van der Waals surface area contributed by atoms with Crippen LogP contribution in [0.4, 0.5) is 10.5 Å². The van der Waals surface area contributed by atoms with Gasteiger partial charge in [0.25, 0.3) is 5.91 Å². The number of hydrogen-bond donors (Lipinski definition) is 1. The first-order chi connectivity index (χ1) is 14.9. The minimum Gasteiger partial charge on any atom is -0.493 e. The Bertz CT molecular complexity index is 974. The van der Waals surface area contributed by atoms with Crippen LogP contribution in [0.1, 0.15) is 24.5 Å². The van der Waals surface area contributed by atoms with E-state index in [9.17, 15) is 14.4 Å². The average molecular weight is 425 g/mol. The molecule has 1 aliphatic heterocycles. The highest BCUT2D eigenvalue weighted by molar-refractivity contribution is 6.22. The van der Waals surface area contributed by atoms with E-state index in [0.29, 0.717) is 23.7 Å². The molecule has 1 heterocycles. The summed E-state index contributed by atoms with van der Waals surface area (Å²) in [6.07, 6.45) is -0.103. The summed E-state index contributed by atoms with van der Waals surface area (Å²) in [5.74, 6) is 0.390. The van der Waals surface area contributed by atoms with E-state index in [0.717, 1.165) is 16.0 Å². The maximum Gasteiger partial charge on any atom is 0.332 e. The Balaban J connectivity index is 1.94. The van der Waals surface area contributed by atoms with Crippen LogP contribution >= 0.6 is 0 Å². The lowest BCUT2D eigenvalue weighted by Crippen LogP contribution is -2.39. The summed E-state index contributed by atoms with van der Waals surface area (Å²) in [7, 11) is 3.07. The maximum absolute atomic E-state index is 13.3. The van der Waals surface area contributed by atoms with Crippen molar-refractivity contribution in [3.63, 3.8) is 0 Å². The first kappa shape index (κ1) is 22.1. The third kappa shape index (κ3) is 4.63. The van der Waals surface area contributed by atoms with Crippen LogP contribution in [0.25, 0.3) is 0 Å². The molecule has 4 amide bonds. The molecule has 0 aromatic heterocycles. The van der Waals surface area contributed by atoms with Gasteiger partial charge in [-0.3, -0.25) is 9.59 Å². The van der Waals surface area contributed by atoms with Crippen LogP contribution in [-0.4, -0.2) is 49.6 Å².